The molecule has 0 N–H and O–H groups in total. The molecular weight excluding hydrogens is 374 g/mol. The molecule has 2 aliphatic rings. The van der Waals surface area contributed by atoms with Gasteiger partial charge in [-0.15, -0.1) is 0 Å². The third-order valence-corrected chi connectivity index (χ3v) is 8.25. The number of hydrogen-bond acceptors (Lipinski definition) is 1. The molecule has 1 aliphatic heterocycles. The van der Waals surface area contributed by atoms with E-state index in [1.165, 1.54) is 43.4 Å². The Balaban J connectivity index is 1.83. The summed E-state index contributed by atoms with van der Waals surface area (Å²) >= 11 is 0. The van der Waals surface area contributed by atoms with E-state index in [-0.39, 0.29) is 5.54 Å². The lowest BCUT2D eigenvalue weighted by atomic mass is 9.59. The van der Waals surface area contributed by atoms with Crippen LogP contribution in [-0.2, 0) is 0 Å². The van der Waals surface area contributed by atoms with E-state index in [1.807, 2.05) is 0 Å². The lowest BCUT2D eigenvalue weighted by Crippen LogP contribution is -2.40. The number of hydrogen-bond donors (Lipinski definition) is 0. The number of rotatable bonds is 4. The van der Waals surface area contributed by atoms with Crippen molar-refractivity contribution >= 4 is 5.69 Å². The van der Waals surface area contributed by atoms with Gasteiger partial charge in [-0.2, -0.15) is 0 Å². The van der Waals surface area contributed by atoms with Crippen LogP contribution in [0.3, 0.4) is 0 Å². The van der Waals surface area contributed by atoms with Crippen LogP contribution in [0.1, 0.15) is 109 Å². The Labute approximate surface area is 191 Å². The zero-order valence-electron chi connectivity index (χ0n) is 20.9. The van der Waals surface area contributed by atoms with Crippen LogP contribution < -0.4 is 4.90 Å². The minimum atomic E-state index is 0.165. The maximum absolute atomic E-state index is 2.84. The molecule has 3 atom stereocenters. The first kappa shape index (κ1) is 22.4. The molecule has 2 aromatic rings. The zero-order valence-corrected chi connectivity index (χ0v) is 20.9. The molecule has 1 unspecified atom stereocenters. The molecule has 2 aromatic carbocycles. The van der Waals surface area contributed by atoms with E-state index in [1.54, 1.807) is 11.3 Å². The van der Waals surface area contributed by atoms with E-state index >= 15 is 0 Å². The highest BCUT2D eigenvalue weighted by molar-refractivity contribution is 5.65. The highest BCUT2D eigenvalue weighted by Gasteiger charge is 2.54. The highest BCUT2D eigenvalue weighted by Crippen LogP contribution is 2.59. The van der Waals surface area contributed by atoms with Crippen molar-refractivity contribution in [2.24, 2.45) is 11.3 Å². The van der Waals surface area contributed by atoms with Crippen LogP contribution in [0, 0.1) is 11.3 Å². The van der Waals surface area contributed by atoms with Crippen molar-refractivity contribution in [3.05, 3.63) is 65.2 Å². The van der Waals surface area contributed by atoms with Crippen molar-refractivity contribution in [1.29, 1.82) is 0 Å². The Hall–Kier alpha value is -1.76. The van der Waals surface area contributed by atoms with Crippen molar-refractivity contribution < 1.29 is 0 Å². The molecular formula is C30H43N. The van der Waals surface area contributed by atoms with E-state index in [4.69, 9.17) is 0 Å². The first-order valence-corrected chi connectivity index (χ1v) is 12.6. The summed E-state index contributed by atoms with van der Waals surface area (Å²) in [5.74, 6) is 2.57. The predicted molar refractivity (Wildman–Crippen MR) is 135 cm³/mol. The molecule has 0 aromatic heterocycles. The van der Waals surface area contributed by atoms with Gasteiger partial charge in [0.1, 0.15) is 0 Å². The normalized spacial score (nSPS) is 28.1. The molecule has 1 heteroatoms. The second-order valence-corrected chi connectivity index (χ2v) is 11.9. The number of para-hydroxylation sites is 1. The molecule has 168 valence electrons. The van der Waals surface area contributed by atoms with Crippen LogP contribution in [0.5, 0.6) is 0 Å². The van der Waals surface area contributed by atoms with E-state index in [2.05, 4.69) is 102 Å². The molecule has 1 heterocycles. The van der Waals surface area contributed by atoms with Gasteiger partial charge in [0.2, 0.25) is 0 Å². The molecule has 4 rings (SSSR count). The van der Waals surface area contributed by atoms with Gasteiger partial charge in [0.25, 0.3) is 0 Å². The van der Waals surface area contributed by atoms with Crippen LogP contribution in [0.25, 0.3) is 0 Å². The molecule has 1 aliphatic carbocycles. The Bertz CT molecular complexity index is 868. The molecule has 1 saturated heterocycles. The summed E-state index contributed by atoms with van der Waals surface area (Å²) in [6.45, 7) is 18.1. The van der Waals surface area contributed by atoms with E-state index in [0.717, 1.165) is 5.92 Å². The van der Waals surface area contributed by atoms with Gasteiger partial charge in [0.05, 0.1) is 0 Å². The van der Waals surface area contributed by atoms with E-state index < -0.39 is 0 Å². The van der Waals surface area contributed by atoms with Gasteiger partial charge in [0, 0.05) is 17.8 Å². The second-order valence-electron chi connectivity index (χ2n) is 11.9. The molecule has 0 bridgehead atoms. The zero-order chi connectivity index (χ0) is 22.4. The van der Waals surface area contributed by atoms with Crippen LogP contribution in [0.2, 0.25) is 0 Å². The summed E-state index contributed by atoms with van der Waals surface area (Å²) in [6.07, 6.45) is 5.33. The Morgan fingerprint density at radius 1 is 0.839 bits per heavy atom. The molecule has 1 spiro atoms. The summed E-state index contributed by atoms with van der Waals surface area (Å²) in [7, 11) is 0. The SMILES string of the molecule is CC1CC[C@@H](c2ccccc2)[C@]2(C1)CN(c1c(C(C)C)cccc1C(C)C)C(C)(C)C2. The van der Waals surface area contributed by atoms with Crippen LogP contribution in [-0.4, -0.2) is 12.1 Å². The first-order chi connectivity index (χ1) is 14.6. The largest absolute Gasteiger partial charge is 0.365 e. The third kappa shape index (κ3) is 4.06. The topological polar surface area (TPSA) is 3.24 Å². The fourth-order valence-electron chi connectivity index (χ4n) is 7.02. The maximum atomic E-state index is 2.84. The standard InChI is InChI=1S/C30H43N/c1-21(2)25-14-11-15-26(22(3)4)28(25)31-20-30(19-29(31,6)7)18-23(5)16-17-27(30)24-12-9-8-10-13-24/h8-15,21-23,27H,16-20H2,1-7H3/t23?,27-,30-/m0/s1. The minimum Gasteiger partial charge on any atom is -0.365 e. The smallest absolute Gasteiger partial charge is 0.0441 e. The van der Waals surface area contributed by atoms with Gasteiger partial charge in [0.15, 0.2) is 0 Å². The van der Waals surface area contributed by atoms with Gasteiger partial charge < -0.3 is 4.90 Å². The number of nitrogens with zero attached hydrogens (tertiary/aromatic N) is 1. The van der Waals surface area contributed by atoms with Crippen LogP contribution in [0.4, 0.5) is 5.69 Å². The average molecular weight is 418 g/mol. The fraction of sp³-hybridized carbons (Fsp3) is 0.600. The maximum Gasteiger partial charge on any atom is 0.0441 e. The fourth-order valence-corrected chi connectivity index (χ4v) is 7.02. The predicted octanol–water partition coefficient (Wildman–Crippen LogP) is 8.51. The Morgan fingerprint density at radius 3 is 2.03 bits per heavy atom. The van der Waals surface area contributed by atoms with Crippen molar-refractivity contribution in [3.8, 4) is 0 Å². The van der Waals surface area contributed by atoms with Crippen molar-refractivity contribution in [1.82, 2.24) is 0 Å². The highest BCUT2D eigenvalue weighted by atomic mass is 15.2. The molecule has 1 saturated carbocycles. The third-order valence-electron chi connectivity index (χ3n) is 8.25. The molecule has 0 amide bonds. The van der Waals surface area contributed by atoms with Gasteiger partial charge in [-0.25, -0.2) is 0 Å². The van der Waals surface area contributed by atoms with Crippen LogP contribution in [0.15, 0.2) is 48.5 Å². The van der Waals surface area contributed by atoms with Gasteiger partial charge in [-0.1, -0.05) is 89.6 Å². The quantitative estimate of drug-likeness (QED) is 0.482. The monoisotopic (exact) mass is 417 g/mol. The summed E-state index contributed by atoms with van der Waals surface area (Å²) in [5, 5.41) is 0. The van der Waals surface area contributed by atoms with Gasteiger partial charge >= 0.3 is 0 Å². The average Bonchev–Trinajstić information content (AvgIpc) is 2.97. The Morgan fingerprint density at radius 2 is 1.45 bits per heavy atom. The molecule has 0 radical (unpaired) electrons. The summed E-state index contributed by atoms with van der Waals surface area (Å²) < 4.78 is 0. The van der Waals surface area contributed by atoms with Crippen molar-refractivity contribution in [2.75, 3.05) is 11.4 Å². The lowest BCUT2D eigenvalue weighted by molar-refractivity contribution is 0.126. The van der Waals surface area contributed by atoms with Crippen molar-refractivity contribution in [3.63, 3.8) is 0 Å². The minimum absolute atomic E-state index is 0.165. The van der Waals surface area contributed by atoms with Crippen molar-refractivity contribution in [2.45, 2.75) is 97.4 Å². The first-order valence-electron chi connectivity index (χ1n) is 12.6. The van der Waals surface area contributed by atoms with E-state index in [0.29, 0.717) is 23.2 Å². The molecule has 1 nitrogen and oxygen atoms in total. The van der Waals surface area contributed by atoms with Crippen LogP contribution >= 0.6 is 0 Å². The number of anilines is 1. The molecule has 2 fully saturated rings. The van der Waals surface area contributed by atoms with Gasteiger partial charge in [-0.05, 0) is 78.9 Å². The summed E-state index contributed by atoms with van der Waals surface area (Å²) in [4.78, 5) is 2.84. The Kier molecular flexibility index (Phi) is 6.01. The molecule has 31 heavy (non-hydrogen) atoms. The second kappa shape index (κ2) is 8.30. The number of benzene rings is 2. The van der Waals surface area contributed by atoms with Gasteiger partial charge in [-0.3, -0.25) is 0 Å². The summed E-state index contributed by atoms with van der Waals surface area (Å²) in [5.41, 5.74) is 6.68. The summed E-state index contributed by atoms with van der Waals surface area (Å²) in [6, 6.07) is 18.5. The van der Waals surface area contributed by atoms with E-state index in [9.17, 15) is 0 Å². The lowest BCUT2D eigenvalue weighted by Gasteiger charge is -2.45.